The lowest BCUT2D eigenvalue weighted by Gasteiger charge is -2.10. The molecule has 0 aliphatic heterocycles. The zero-order chi connectivity index (χ0) is 19.9. The molecule has 28 heavy (non-hydrogen) atoms. The minimum absolute atomic E-state index is 0.155. The van der Waals surface area contributed by atoms with Crippen molar-refractivity contribution in [3.8, 4) is 17.2 Å². The Hall–Kier alpha value is -3.28. The number of rotatable bonds is 8. The molecule has 0 fully saturated rings. The summed E-state index contributed by atoms with van der Waals surface area (Å²) in [7, 11) is 1.62. The first kappa shape index (κ1) is 19.5. The first-order valence-electron chi connectivity index (χ1n) is 9.29. The summed E-state index contributed by atoms with van der Waals surface area (Å²) in [4.78, 5) is 12.3. The highest BCUT2D eigenvalue weighted by molar-refractivity contribution is 5.92. The van der Waals surface area contributed by atoms with Crippen LogP contribution in [0.4, 0.5) is 0 Å². The molecule has 3 aromatic rings. The maximum absolute atomic E-state index is 12.3. The van der Waals surface area contributed by atoms with Crippen molar-refractivity contribution in [3.63, 3.8) is 0 Å². The van der Waals surface area contributed by atoms with Gasteiger partial charge in [0.05, 0.1) is 18.9 Å². The third-order valence-corrected chi connectivity index (χ3v) is 4.15. The number of methoxy groups -OCH3 is 1. The van der Waals surface area contributed by atoms with Crippen LogP contribution in [0.1, 0.15) is 29.9 Å². The van der Waals surface area contributed by atoms with Crippen LogP contribution in [0.3, 0.4) is 0 Å². The van der Waals surface area contributed by atoms with Crippen molar-refractivity contribution in [2.45, 2.75) is 26.4 Å². The van der Waals surface area contributed by atoms with Crippen molar-refractivity contribution in [1.29, 1.82) is 0 Å². The third kappa shape index (κ3) is 5.13. The van der Waals surface area contributed by atoms with Crippen LogP contribution in [0.25, 0.3) is 5.69 Å². The SMILES string of the molecule is COc1ccc(-n2ccc(C(=O)NCCc3ccc(OC(C)C)cc3)n2)cc1. The second-order valence-corrected chi connectivity index (χ2v) is 6.66. The van der Waals surface area contributed by atoms with E-state index in [0.717, 1.165) is 29.2 Å². The quantitative estimate of drug-likeness (QED) is 0.649. The van der Waals surface area contributed by atoms with E-state index < -0.39 is 0 Å². The van der Waals surface area contributed by atoms with E-state index in [0.29, 0.717) is 12.2 Å². The van der Waals surface area contributed by atoms with Crippen molar-refractivity contribution in [2.75, 3.05) is 13.7 Å². The lowest BCUT2D eigenvalue weighted by Crippen LogP contribution is -2.26. The Morgan fingerprint density at radius 2 is 1.71 bits per heavy atom. The van der Waals surface area contributed by atoms with Crippen LogP contribution in [0.5, 0.6) is 11.5 Å². The van der Waals surface area contributed by atoms with E-state index in [2.05, 4.69) is 10.4 Å². The molecule has 0 saturated carbocycles. The van der Waals surface area contributed by atoms with E-state index in [-0.39, 0.29) is 12.0 Å². The van der Waals surface area contributed by atoms with Gasteiger partial charge in [-0.15, -0.1) is 0 Å². The van der Waals surface area contributed by atoms with Crippen LogP contribution in [0.15, 0.2) is 60.8 Å². The largest absolute Gasteiger partial charge is 0.497 e. The van der Waals surface area contributed by atoms with Crippen molar-refractivity contribution >= 4 is 5.91 Å². The van der Waals surface area contributed by atoms with Crippen LogP contribution >= 0.6 is 0 Å². The fraction of sp³-hybridized carbons (Fsp3) is 0.273. The maximum Gasteiger partial charge on any atom is 0.271 e. The summed E-state index contributed by atoms with van der Waals surface area (Å²) in [5.74, 6) is 1.44. The monoisotopic (exact) mass is 379 g/mol. The van der Waals surface area contributed by atoms with Gasteiger partial charge in [0.25, 0.3) is 5.91 Å². The van der Waals surface area contributed by atoms with E-state index in [1.807, 2.05) is 62.4 Å². The molecule has 3 rings (SSSR count). The number of hydrogen-bond acceptors (Lipinski definition) is 4. The highest BCUT2D eigenvalue weighted by Gasteiger charge is 2.10. The van der Waals surface area contributed by atoms with Crippen molar-refractivity contribution in [1.82, 2.24) is 15.1 Å². The zero-order valence-corrected chi connectivity index (χ0v) is 16.4. The summed E-state index contributed by atoms with van der Waals surface area (Å²) in [6, 6.07) is 17.1. The van der Waals surface area contributed by atoms with E-state index in [1.54, 1.807) is 24.1 Å². The minimum Gasteiger partial charge on any atom is -0.497 e. The normalized spacial score (nSPS) is 10.7. The summed E-state index contributed by atoms with van der Waals surface area (Å²) in [6.07, 6.45) is 2.67. The number of ether oxygens (including phenoxy) is 2. The number of benzene rings is 2. The van der Waals surface area contributed by atoms with Crippen LogP contribution < -0.4 is 14.8 Å². The lowest BCUT2D eigenvalue weighted by molar-refractivity contribution is 0.0948. The van der Waals surface area contributed by atoms with Crippen LogP contribution in [-0.4, -0.2) is 35.4 Å². The molecule has 0 saturated heterocycles. The summed E-state index contributed by atoms with van der Waals surface area (Å²) >= 11 is 0. The van der Waals surface area contributed by atoms with Crippen LogP contribution in [0, 0.1) is 0 Å². The molecule has 1 aromatic heterocycles. The van der Waals surface area contributed by atoms with Gasteiger partial charge in [-0.3, -0.25) is 4.79 Å². The van der Waals surface area contributed by atoms with Gasteiger partial charge >= 0.3 is 0 Å². The highest BCUT2D eigenvalue weighted by Crippen LogP contribution is 2.15. The fourth-order valence-electron chi connectivity index (χ4n) is 2.74. The lowest BCUT2D eigenvalue weighted by atomic mass is 10.1. The number of carbonyl (C=O) groups excluding carboxylic acids is 1. The van der Waals surface area contributed by atoms with E-state index in [9.17, 15) is 4.79 Å². The Morgan fingerprint density at radius 1 is 1.04 bits per heavy atom. The van der Waals surface area contributed by atoms with Crippen molar-refractivity contribution < 1.29 is 14.3 Å². The smallest absolute Gasteiger partial charge is 0.271 e. The molecule has 1 heterocycles. The summed E-state index contributed by atoms with van der Waals surface area (Å²) < 4.78 is 12.5. The van der Waals surface area contributed by atoms with Crippen molar-refractivity contribution in [2.24, 2.45) is 0 Å². The number of nitrogens with zero attached hydrogens (tertiary/aromatic N) is 2. The van der Waals surface area contributed by atoms with Gasteiger partial charge in [-0.05, 0) is 68.3 Å². The van der Waals surface area contributed by atoms with Crippen molar-refractivity contribution in [3.05, 3.63) is 72.1 Å². The standard InChI is InChI=1S/C22H25N3O3/c1-16(2)28-20-8-4-17(5-9-20)12-14-23-22(26)21-13-15-25(24-21)18-6-10-19(27-3)11-7-18/h4-11,13,15-16H,12,14H2,1-3H3,(H,23,26). The fourth-order valence-corrected chi connectivity index (χ4v) is 2.74. The molecule has 6 nitrogen and oxygen atoms in total. The summed E-state index contributed by atoms with van der Waals surface area (Å²) in [6.45, 7) is 4.54. The Kier molecular flexibility index (Phi) is 6.32. The Labute approximate surface area is 165 Å². The number of hydrogen-bond donors (Lipinski definition) is 1. The number of nitrogens with one attached hydrogen (secondary N) is 1. The zero-order valence-electron chi connectivity index (χ0n) is 16.4. The molecule has 0 aliphatic carbocycles. The predicted octanol–water partition coefficient (Wildman–Crippen LogP) is 3.64. The molecular formula is C22H25N3O3. The molecule has 6 heteroatoms. The molecule has 1 amide bonds. The maximum atomic E-state index is 12.3. The second kappa shape index (κ2) is 9.08. The molecule has 0 spiro atoms. The van der Waals surface area contributed by atoms with E-state index in [4.69, 9.17) is 9.47 Å². The number of aromatic nitrogens is 2. The third-order valence-electron chi connectivity index (χ3n) is 4.15. The first-order chi connectivity index (χ1) is 13.5. The first-order valence-corrected chi connectivity index (χ1v) is 9.29. The van der Waals surface area contributed by atoms with E-state index in [1.165, 1.54) is 0 Å². The average Bonchev–Trinajstić information content (AvgIpc) is 3.19. The van der Waals surface area contributed by atoms with Gasteiger partial charge in [-0.1, -0.05) is 12.1 Å². The molecular weight excluding hydrogens is 354 g/mol. The minimum atomic E-state index is -0.188. The molecule has 0 atom stereocenters. The molecule has 0 aliphatic rings. The predicted molar refractivity (Wildman–Crippen MR) is 108 cm³/mol. The number of amides is 1. The average molecular weight is 379 g/mol. The van der Waals surface area contributed by atoms with E-state index >= 15 is 0 Å². The summed E-state index contributed by atoms with van der Waals surface area (Å²) in [5, 5.41) is 7.26. The topological polar surface area (TPSA) is 65.4 Å². The summed E-state index contributed by atoms with van der Waals surface area (Å²) in [5.41, 5.74) is 2.39. The van der Waals surface area contributed by atoms with Gasteiger partial charge in [0.2, 0.25) is 0 Å². The van der Waals surface area contributed by atoms with Crippen LogP contribution in [-0.2, 0) is 6.42 Å². The van der Waals surface area contributed by atoms with Gasteiger partial charge in [0.15, 0.2) is 5.69 Å². The molecule has 0 radical (unpaired) electrons. The molecule has 2 aromatic carbocycles. The molecule has 146 valence electrons. The second-order valence-electron chi connectivity index (χ2n) is 6.66. The van der Waals surface area contributed by atoms with Gasteiger partial charge < -0.3 is 14.8 Å². The molecule has 1 N–H and O–H groups in total. The van der Waals surface area contributed by atoms with Gasteiger partial charge in [0, 0.05) is 12.7 Å². The van der Waals surface area contributed by atoms with Gasteiger partial charge in [-0.2, -0.15) is 5.10 Å². The molecule has 0 bridgehead atoms. The van der Waals surface area contributed by atoms with Gasteiger partial charge in [0.1, 0.15) is 11.5 Å². The van der Waals surface area contributed by atoms with Gasteiger partial charge in [-0.25, -0.2) is 4.68 Å². The Balaban J connectivity index is 1.51. The molecule has 0 unspecified atom stereocenters. The van der Waals surface area contributed by atoms with Crippen LogP contribution in [0.2, 0.25) is 0 Å². The number of carbonyl (C=O) groups is 1. The Morgan fingerprint density at radius 3 is 2.36 bits per heavy atom. The Bertz CT molecular complexity index is 900. The highest BCUT2D eigenvalue weighted by atomic mass is 16.5.